The highest BCUT2D eigenvalue weighted by atomic mass is 32.2. The van der Waals surface area contributed by atoms with Gasteiger partial charge in [-0.2, -0.15) is 4.31 Å². The van der Waals surface area contributed by atoms with Crippen LogP contribution in [-0.4, -0.2) is 39.0 Å². The lowest BCUT2D eigenvalue weighted by Crippen LogP contribution is -2.42. The van der Waals surface area contributed by atoms with Crippen LogP contribution in [0.5, 0.6) is 0 Å². The smallest absolute Gasteiger partial charge is 0.243 e. The number of methoxy groups -OCH3 is 1. The van der Waals surface area contributed by atoms with Gasteiger partial charge in [-0.1, -0.05) is 6.07 Å². The summed E-state index contributed by atoms with van der Waals surface area (Å²) in [4.78, 5) is 0.337. The molecule has 0 spiro atoms. The highest BCUT2D eigenvalue weighted by Crippen LogP contribution is 2.23. The van der Waals surface area contributed by atoms with Crippen molar-refractivity contribution < 1.29 is 13.2 Å². The summed E-state index contributed by atoms with van der Waals surface area (Å²) in [6.07, 6.45) is 1.73. The van der Waals surface area contributed by atoms with Crippen LogP contribution in [0.4, 0.5) is 0 Å². The van der Waals surface area contributed by atoms with Gasteiger partial charge in [0.05, 0.1) is 11.0 Å². The molecule has 1 aromatic rings. The number of hydrogen-bond acceptors (Lipinski definition) is 4. The van der Waals surface area contributed by atoms with E-state index in [0.29, 0.717) is 24.5 Å². The Bertz CT molecular complexity index is 572. The molecule has 0 aliphatic carbocycles. The second-order valence-electron chi connectivity index (χ2n) is 5.16. The molecule has 20 heavy (non-hydrogen) atoms. The number of sulfonamides is 1. The molecule has 1 aliphatic heterocycles. The molecule has 6 heteroatoms. The van der Waals surface area contributed by atoms with Crippen LogP contribution in [0.1, 0.15) is 24.0 Å². The van der Waals surface area contributed by atoms with Crippen LogP contribution < -0.4 is 5.73 Å². The lowest BCUT2D eigenvalue weighted by Gasteiger charge is -2.31. The molecule has 1 aromatic carbocycles. The molecule has 2 N–H and O–H groups in total. The van der Waals surface area contributed by atoms with Crippen LogP contribution in [0.2, 0.25) is 0 Å². The summed E-state index contributed by atoms with van der Waals surface area (Å²) in [7, 11) is -1.81. The van der Waals surface area contributed by atoms with Gasteiger partial charge in [0.2, 0.25) is 10.0 Å². The number of aryl methyl sites for hydroxylation is 1. The van der Waals surface area contributed by atoms with Gasteiger partial charge in [-0.05, 0) is 43.0 Å². The molecule has 1 fully saturated rings. The number of rotatable bonds is 4. The van der Waals surface area contributed by atoms with E-state index in [-0.39, 0.29) is 6.10 Å². The van der Waals surface area contributed by atoms with Crippen molar-refractivity contribution in [2.24, 2.45) is 5.73 Å². The lowest BCUT2D eigenvalue weighted by atomic mass is 10.1. The van der Waals surface area contributed by atoms with Gasteiger partial charge in [-0.25, -0.2) is 8.42 Å². The standard InChI is InChI=1S/C14H22N2O3S/c1-11-8-14(6-5-12(11)9-15)20(17,18)16-7-3-4-13(10-16)19-2/h5-6,8,13H,3-4,7,9-10,15H2,1-2H3. The van der Waals surface area contributed by atoms with Gasteiger partial charge in [-0.15, -0.1) is 0 Å². The zero-order valence-electron chi connectivity index (χ0n) is 12.0. The molecule has 0 aromatic heterocycles. The maximum Gasteiger partial charge on any atom is 0.243 e. The average molecular weight is 298 g/mol. The third-order valence-corrected chi connectivity index (χ3v) is 5.71. The van der Waals surface area contributed by atoms with E-state index in [0.717, 1.165) is 24.0 Å². The van der Waals surface area contributed by atoms with Crippen LogP contribution >= 0.6 is 0 Å². The van der Waals surface area contributed by atoms with E-state index in [1.54, 1.807) is 25.3 Å². The van der Waals surface area contributed by atoms with Gasteiger partial charge in [0.15, 0.2) is 0 Å². The highest BCUT2D eigenvalue weighted by molar-refractivity contribution is 7.89. The van der Waals surface area contributed by atoms with E-state index in [4.69, 9.17) is 10.5 Å². The van der Waals surface area contributed by atoms with Gasteiger partial charge in [0.1, 0.15) is 0 Å². The van der Waals surface area contributed by atoms with Crippen molar-refractivity contribution in [3.63, 3.8) is 0 Å². The molecule has 2 rings (SSSR count). The summed E-state index contributed by atoms with van der Waals surface area (Å²) in [5.41, 5.74) is 7.49. The predicted molar refractivity (Wildman–Crippen MR) is 77.9 cm³/mol. The minimum atomic E-state index is -3.44. The molecule has 1 unspecified atom stereocenters. The fraction of sp³-hybridized carbons (Fsp3) is 0.571. The first-order chi connectivity index (χ1) is 9.48. The third-order valence-electron chi connectivity index (χ3n) is 3.85. The molecule has 0 bridgehead atoms. The van der Waals surface area contributed by atoms with Gasteiger partial charge in [0.25, 0.3) is 0 Å². The number of hydrogen-bond donors (Lipinski definition) is 1. The quantitative estimate of drug-likeness (QED) is 0.908. The number of piperidine rings is 1. The Hall–Kier alpha value is -0.950. The van der Waals surface area contributed by atoms with Gasteiger partial charge >= 0.3 is 0 Å². The Morgan fingerprint density at radius 2 is 2.20 bits per heavy atom. The lowest BCUT2D eigenvalue weighted by molar-refractivity contribution is 0.0572. The van der Waals surface area contributed by atoms with Crippen LogP contribution in [0, 0.1) is 6.92 Å². The van der Waals surface area contributed by atoms with E-state index >= 15 is 0 Å². The minimum Gasteiger partial charge on any atom is -0.380 e. The molecule has 1 saturated heterocycles. The Balaban J connectivity index is 2.28. The largest absolute Gasteiger partial charge is 0.380 e. The molecule has 1 heterocycles. The molecule has 0 radical (unpaired) electrons. The number of benzene rings is 1. The summed E-state index contributed by atoms with van der Waals surface area (Å²) in [5, 5.41) is 0. The van der Waals surface area contributed by atoms with Crippen molar-refractivity contribution in [1.29, 1.82) is 0 Å². The van der Waals surface area contributed by atoms with Crippen LogP contribution in [-0.2, 0) is 21.3 Å². The summed E-state index contributed by atoms with van der Waals surface area (Å²) >= 11 is 0. The second kappa shape index (κ2) is 6.22. The molecule has 1 aliphatic rings. The van der Waals surface area contributed by atoms with Crippen LogP contribution in [0.15, 0.2) is 23.1 Å². The summed E-state index contributed by atoms with van der Waals surface area (Å²) in [5.74, 6) is 0. The SMILES string of the molecule is COC1CCCN(S(=O)(=O)c2ccc(CN)c(C)c2)C1. The third kappa shape index (κ3) is 3.03. The molecular formula is C14H22N2O3S. The Labute approximate surface area is 120 Å². The summed E-state index contributed by atoms with van der Waals surface area (Å²) in [6, 6.07) is 5.13. The number of nitrogens with zero attached hydrogens (tertiary/aromatic N) is 1. The van der Waals surface area contributed by atoms with Gasteiger partial charge in [-0.3, -0.25) is 0 Å². The fourth-order valence-corrected chi connectivity index (χ4v) is 4.12. The van der Waals surface area contributed by atoms with E-state index < -0.39 is 10.0 Å². The Kier molecular flexibility index (Phi) is 4.80. The number of ether oxygens (including phenoxy) is 1. The Morgan fingerprint density at radius 3 is 2.80 bits per heavy atom. The summed E-state index contributed by atoms with van der Waals surface area (Å²) < 4.78 is 32.1. The van der Waals surface area contributed by atoms with Crippen molar-refractivity contribution in [1.82, 2.24) is 4.31 Å². The molecule has 112 valence electrons. The molecular weight excluding hydrogens is 276 g/mol. The number of nitrogens with two attached hydrogens (primary N) is 1. The van der Waals surface area contributed by atoms with Crippen molar-refractivity contribution in [3.8, 4) is 0 Å². The highest BCUT2D eigenvalue weighted by Gasteiger charge is 2.30. The van der Waals surface area contributed by atoms with Gasteiger partial charge < -0.3 is 10.5 Å². The van der Waals surface area contributed by atoms with E-state index in [1.807, 2.05) is 6.92 Å². The average Bonchev–Trinajstić information content (AvgIpc) is 2.47. The topological polar surface area (TPSA) is 72.6 Å². The second-order valence-corrected chi connectivity index (χ2v) is 7.09. The van der Waals surface area contributed by atoms with Crippen molar-refractivity contribution >= 4 is 10.0 Å². The Morgan fingerprint density at radius 1 is 1.45 bits per heavy atom. The van der Waals surface area contributed by atoms with Crippen molar-refractivity contribution in [3.05, 3.63) is 29.3 Å². The molecule has 1 atom stereocenters. The summed E-state index contributed by atoms with van der Waals surface area (Å²) in [6.45, 7) is 3.29. The first-order valence-corrected chi connectivity index (χ1v) is 8.25. The maximum atomic E-state index is 12.6. The first kappa shape index (κ1) is 15.4. The zero-order chi connectivity index (χ0) is 14.8. The van der Waals surface area contributed by atoms with Crippen LogP contribution in [0.3, 0.4) is 0 Å². The maximum absolute atomic E-state index is 12.6. The van der Waals surface area contributed by atoms with Crippen molar-refractivity contribution in [2.45, 2.75) is 37.3 Å². The molecule has 0 saturated carbocycles. The first-order valence-electron chi connectivity index (χ1n) is 6.81. The normalized spacial score (nSPS) is 21.1. The van der Waals surface area contributed by atoms with Crippen molar-refractivity contribution in [2.75, 3.05) is 20.2 Å². The van der Waals surface area contributed by atoms with E-state index in [9.17, 15) is 8.42 Å². The predicted octanol–water partition coefficient (Wildman–Crippen LogP) is 1.25. The monoisotopic (exact) mass is 298 g/mol. The van der Waals surface area contributed by atoms with Crippen LogP contribution in [0.25, 0.3) is 0 Å². The molecule has 5 nitrogen and oxygen atoms in total. The van der Waals surface area contributed by atoms with E-state index in [1.165, 1.54) is 4.31 Å². The molecule has 0 amide bonds. The fourth-order valence-electron chi connectivity index (χ4n) is 2.52. The zero-order valence-corrected chi connectivity index (χ0v) is 12.8. The minimum absolute atomic E-state index is 0.0112. The van der Waals surface area contributed by atoms with Gasteiger partial charge in [0, 0.05) is 26.7 Å². The van der Waals surface area contributed by atoms with E-state index in [2.05, 4.69) is 0 Å².